The molecular weight excluding hydrogens is 305 g/mol. The van der Waals surface area contributed by atoms with Crippen LogP contribution >= 0.6 is 0 Å². The third-order valence-corrected chi connectivity index (χ3v) is 4.38. The van der Waals surface area contributed by atoms with Crippen molar-refractivity contribution in [1.82, 2.24) is 10.6 Å². The lowest BCUT2D eigenvalue weighted by Gasteiger charge is -2.31. The van der Waals surface area contributed by atoms with E-state index in [1.165, 1.54) is 0 Å². The van der Waals surface area contributed by atoms with Gasteiger partial charge >= 0.3 is 6.18 Å². The van der Waals surface area contributed by atoms with Gasteiger partial charge in [0.25, 0.3) is 5.91 Å². The zero-order chi connectivity index (χ0) is 16.9. The second-order valence-corrected chi connectivity index (χ2v) is 6.09. The molecule has 2 atom stereocenters. The molecule has 0 bridgehead atoms. The van der Waals surface area contributed by atoms with Crippen LogP contribution < -0.4 is 10.6 Å². The summed E-state index contributed by atoms with van der Waals surface area (Å²) in [4.78, 5) is 12.4. The molecule has 0 aromatic heterocycles. The van der Waals surface area contributed by atoms with Crippen LogP contribution in [-0.4, -0.2) is 31.7 Å². The smallest absolute Gasteiger partial charge is 0.349 e. The van der Waals surface area contributed by atoms with Gasteiger partial charge in [-0.15, -0.1) is 0 Å². The molecule has 0 spiro atoms. The Labute approximate surface area is 134 Å². The molecule has 23 heavy (non-hydrogen) atoms. The van der Waals surface area contributed by atoms with E-state index in [0.717, 1.165) is 12.1 Å². The highest BCUT2D eigenvalue weighted by Gasteiger charge is 2.42. The van der Waals surface area contributed by atoms with Gasteiger partial charge < -0.3 is 10.6 Å². The Morgan fingerprint density at radius 1 is 1.26 bits per heavy atom. The maximum atomic E-state index is 12.9. The van der Waals surface area contributed by atoms with Crippen LogP contribution in [-0.2, 0) is 6.42 Å². The van der Waals surface area contributed by atoms with Crippen molar-refractivity contribution in [3.8, 4) is 0 Å². The number of hydrogen-bond acceptors (Lipinski definition) is 2. The van der Waals surface area contributed by atoms with Crippen LogP contribution in [0.4, 0.5) is 13.2 Å². The largest absolute Gasteiger partial charge is 0.391 e. The zero-order valence-electron chi connectivity index (χ0n) is 13.2. The van der Waals surface area contributed by atoms with Gasteiger partial charge in [0.05, 0.1) is 5.92 Å². The van der Waals surface area contributed by atoms with Crippen molar-refractivity contribution in [2.45, 2.75) is 44.3 Å². The molecule has 1 amide bonds. The number of amides is 1. The Bertz CT molecular complexity index is 531. The number of carbonyl (C=O) groups is 1. The first-order chi connectivity index (χ1) is 10.9. The van der Waals surface area contributed by atoms with Crippen LogP contribution in [0.15, 0.2) is 24.3 Å². The number of benzene rings is 1. The van der Waals surface area contributed by atoms with Gasteiger partial charge in [0.1, 0.15) is 0 Å². The van der Waals surface area contributed by atoms with Gasteiger partial charge in [0, 0.05) is 11.6 Å². The first kappa shape index (κ1) is 17.8. The second kappa shape index (κ2) is 7.81. The highest BCUT2D eigenvalue weighted by Crippen LogP contribution is 2.37. The molecule has 1 fully saturated rings. The maximum Gasteiger partial charge on any atom is 0.391 e. The number of rotatable bonds is 5. The summed E-state index contributed by atoms with van der Waals surface area (Å²) in [6.07, 6.45) is -2.22. The summed E-state index contributed by atoms with van der Waals surface area (Å²) in [5.74, 6) is -1.58. The third kappa shape index (κ3) is 4.96. The fraction of sp³-hybridized carbons (Fsp3) is 0.588. The minimum absolute atomic E-state index is 0.0199. The maximum absolute atomic E-state index is 12.9. The molecule has 1 aromatic carbocycles. The van der Waals surface area contributed by atoms with Gasteiger partial charge in [0.15, 0.2) is 0 Å². The molecular formula is C17H23F3N2O. The highest BCUT2D eigenvalue weighted by molar-refractivity contribution is 5.95. The van der Waals surface area contributed by atoms with E-state index in [4.69, 9.17) is 0 Å². The average Bonchev–Trinajstić information content (AvgIpc) is 2.52. The molecule has 0 saturated heterocycles. The molecule has 6 heteroatoms. The Morgan fingerprint density at radius 2 is 2.00 bits per heavy atom. The molecule has 0 heterocycles. The van der Waals surface area contributed by atoms with Gasteiger partial charge in [-0.2, -0.15) is 13.2 Å². The Morgan fingerprint density at radius 3 is 2.70 bits per heavy atom. The molecule has 0 radical (unpaired) electrons. The molecule has 2 rings (SSSR count). The lowest BCUT2D eigenvalue weighted by molar-refractivity contribution is -0.183. The third-order valence-electron chi connectivity index (χ3n) is 4.38. The molecule has 1 aliphatic rings. The average molecular weight is 328 g/mol. The van der Waals surface area contributed by atoms with Crippen molar-refractivity contribution >= 4 is 5.91 Å². The van der Waals surface area contributed by atoms with Crippen LogP contribution in [0.25, 0.3) is 0 Å². The minimum atomic E-state index is -4.17. The van der Waals surface area contributed by atoms with Crippen molar-refractivity contribution in [3.63, 3.8) is 0 Å². The molecule has 3 nitrogen and oxygen atoms in total. The zero-order valence-corrected chi connectivity index (χ0v) is 13.2. The fourth-order valence-corrected chi connectivity index (χ4v) is 3.10. The Kier molecular flexibility index (Phi) is 6.04. The molecule has 1 aliphatic carbocycles. The van der Waals surface area contributed by atoms with E-state index >= 15 is 0 Å². The number of hydrogen-bond donors (Lipinski definition) is 2. The summed E-state index contributed by atoms with van der Waals surface area (Å²) in [6.45, 7) is 0.740. The first-order valence-electron chi connectivity index (χ1n) is 8.02. The van der Waals surface area contributed by atoms with E-state index < -0.39 is 18.1 Å². The second-order valence-electron chi connectivity index (χ2n) is 6.09. The van der Waals surface area contributed by atoms with Gasteiger partial charge in [-0.3, -0.25) is 4.79 Å². The minimum Gasteiger partial charge on any atom is -0.349 e. The van der Waals surface area contributed by atoms with Crippen molar-refractivity contribution in [2.24, 2.45) is 5.92 Å². The Hall–Kier alpha value is -1.56. The quantitative estimate of drug-likeness (QED) is 0.871. The van der Waals surface area contributed by atoms with E-state index in [1.54, 1.807) is 12.1 Å². The molecule has 1 saturated carbocycles. The number of nitrogens with one attached hydrogen (secondary N) is 2. The van der Waals surface area contributed by atoms with Gasteiger partial charge in [-0.05, 0) is 50.9 Å². The summed E-state index contributed by atoms with van der Waals surface area (Å²) in [5.41, 5.74) is 1.46. The number of carbonyl (C=O) groups excluding carboxylic acids is 1. The predicted molar refractivity (Wildman–Crippen MR) is 83.3 cm³/mol. The topological polar surface area (TPSA) is 41.1 Å². The van der Waals surface area contributed by atoms with Crippen LogP contribution in [0.5, 0.6) is 0 Å². The first-order valence-corrected chi connectivity index (χ1v) is 8.02. The van der Waals surface area contributed by atoms with Gasteiger partial charge in [-0.25, -0.2) is 0 Å². The van der Waals surface area contributed by atoms with E-state index in [0.29, 0.717) is 24.8 Å². The van der Waals surface area contributed by atoms with Crippen LogP contribution in [0.2, 0.25) is 0 Å². The summed E-state index contributed by atoms with van der Waals surface area (Å²) < 4.78 is 38.6. The number of halogens is 3. The number of alkyl halides is 3. The predicted octanol–water partition coefficient (Wildman–Crippen LogP) is 3.30. The standard InChI is InChI=1S/C17H23F3N2O/c1-21-10-9-12-5-2-3-8-15(12)16(23)22-14-7-4-6-13(11-14)17(18,19)20/h2-3,5,8,13-14,21H,4,6-7,9-11H2,1H3,(H,22,23). The monoisotopic (exact) mass is 328 g/mol. The lowest BCUT2D eigenvalue weighted by atomic mass is 9.85. The van der Waals surface area contributed by atoms with E-state index in [9.17, 15) is 18.0 Å². The van der Waals surface area contributed by atoms with Crippen LogP contribution in [0, 0.1) is 5.92 Å². The van der Waals surface area contributed by atoms with Crippen molar-refractivity contribution in [2.75, 3.05) is 13.6 Å². The SMILES string of the molecule is CNCCc1ccccc1C(=O)NC1CCCC(C(F)(F)F)C1. The van der Waals surface area contributed by atoms with E-state index in [2.05, 4.69) is 10.6 Å². The van der Waals surface area contributed by atoms with Crippen molar-refractivity contribution in [3.05, 3.63) is 35.4 Å². The molecule has 0 aliphatic heterocycles. The fourth-order valence-electron chi connectivity index (χ4n) is 3.10. The van der Waals surface area contributed by atoms with E-state index in [-0.39, 0.29) is 18.7 Å². The van der Waals surface area contributed by atoms with Gasteiger partial charge in [0.2, 0.25) is 0 Å². The highest BCUT2D eigenvalue weighted by atomic mass is 19.4. The van der Waals surface area contributed by atoms with E-state index in [1.807, 2.05) is 19.2 Å². The Balaban J connectivity index is 2.01. The summed E-state index contributed by atoms with van der Waals surface area (Å²) in [7, 11) is 1.84. The normalized spacial score (nSPS) is 21.9. The van der Waals surface area contributed by atoms with Crippen LogP contribution in [0.3, 0.4) is 0 Å². The van der Waals surface area contributed by atoms with Crippen molar-refractivity contribution in [1.29, 1.82) is 0 Å². The lowest BCUT2D eigenvalue weighted by Crippen LogP contribution is -2.41. The summed E-state index contributed by atoms with van der Waals surface area (Å²) >= 11 is 0. The van der Waals surface area contributed by atoms with Gasteiger partial charge in [-0.1, -0.05) is 24.6 Å². The van der Waals surface area contributed by atoms with Crippen LogP contribution in [0.1, 0.15) is 41.6 Å². The molecule has 128 valence electrons. The number of likely N-dealkylation sites (N-methyl/N-ethyl adjacent to an activating group) is 1. The summed E-state index contributed by atoms with van der Waals surface area (Å²) in [6, 6.07) is 6.84. The molecule has 2 N–H and O–H groups in total. The van der Waals surface area contributed by atoms with Crippen molar-refractivity contribution < 1.29 is 18.0 Å². The molecule has 2 unspecified atom stereocenters. The summed E-state index contributed by atoms with van der Waals surface area (Å²) in [5, 5.41) is 5.82. The molecule has 1 aromatic rings.